The molecule has 0 radical (unpaired) electrons. The van der Waals surface area contributed by atoms with Gasteiger partial charge in [-0.25, -0.2) is 0 Å². The number of rotatable bonds is 8. The van der Waals surface area contributed by atoms with Gasteiger partial charge < -0.3 is 15.2 Å². The number of carbonyl (C=O) groups is 2. The Kier molecular flexibility index (Phi) is 7.16. The van der Waals surface area contributed by atoms with Gasteiger partial charge in [0.25, 0.3) is 0 Å². The van der Waals surface area contributed by atoms with E-state index in [0.717, 1.165) is 59.6 Å². The van der Waals surface area contributed by atoms with Gasteiger partial charge in [0.1, 0.15) is 5.54 Å². The first kappa shape index (κ1) is 29.6. The van der Waals surface area contributed by atoms with Gasteiger partial charge in [-0.1, -0.05) is 38.1 Å². The number of pyridine rings is 1. The lowest BCUT2D eigenvalue weighted by molar-refractivity contribution is -0.153. The lowest BCUT2D eigenvalue weighted by atomic mass is 9.53. The van der Waals surface area contributed by atoms with Crippen molar-refractivity contribution in [2.75, 3.05) is 11.5 Å². The quantitative estimate of drug-likeness (QED) is 0.274. The standard InChI is InChI=1S/C38H48N4O2S/c1-24-33(29-8-4-5-9-31(29)40-24)34-30(36(34,2)3)18-32(43)42(23-25-7-6-12-39-22-25)38(10-13-45-14-11-38)35(44)41-37-19-26-15-27(20-37)17-28(16-26)21-37/h4-9,12,22,26-28,30,34,40H,10-11,13-21,23H2,1-3H3,(H,41,44)/t26?,27?,28?,30-,34-,37?/m1/s1. The van der Waals surface area contributed by atoms with Crippen LogP contribution in [0.15, 0.2) is 48.8 Å². The van der Waals surface area contributed by atoms with Crippen molar-refractivity contribution >= 4 is 34.5 Å². The van der Waals surface area contributed by atoms with Crippen LogP contribution < -0.4 is 5.32 Å². The number of aromatic nitrogens is 2. The predicted octanol–water partition coefficient (Wildman–Crippen LogP) is 7.38. The van der Waals surface area contributed by atoms with E-state index in [1.54, 1.807) is 6.20 Å². The first-order chi connectivity index (χ1) is 21.7. The molecule has 3 heterocycles. The van der Waals surface area contributed by atoms with Gasteiger partial charge in [-0.15, -0.1) is 0 Å². The summed E-state index contributed by atoms with van der Waals surface area (Å²) in [6, 6.07) is 12.5. The molecule has 5 aliphatic carbocycles. The van der Waals surface area contributed by atoms with Crippen LogP contribution in [0.2, 0.25) is 0 Å². The Morgan fingerprint density at radius 2 is 1.69 bits per heavy atom. The van der Waals surface area contributed by atoms with E-state index in [4.69, 9.17) is 0 Å². The molecule has 0 spiro atoms. The molecule has 6 aliphatic rings. The molecule has 9 rings (SSSR count). The maximum atomic E-state index is 14.9. The van der Waals surface area contributed by atoms with Crippen molar-refractivity contribution in [2.24, 2.45) is 29.1 Å². The third-order valence-corrected chi connectivity index (χ3v) is 13.7. The molecule has 5 saturated carbocycles. The summed E-state index contributed by atoms with van der Waals surface area (Å²) in [6.45, 7) is 7.22. The van der Waals surface area contributed by atoms with Crippen molar-refractivity contribution in [1.29, 1.82) is 0 Å². The van der Waals surface area contributed by atoms with E-state index in [1.807, 2.05) is 28.9 Å². The van der Waals surface area contributed by atoms with E-state index in [-0.39, 0.29) is 28.7 Å². The van der Waals surface area contributed by atoms with Gasteiger partial charge in [-0.3, -0.25) is 14.6 Å². The molecule has 0 unspecified atom stereocenters. The molecule has 2 N–H and O–H groups in total. The minimum Gasteiger partial charge on any atom is -0.358 e. The highest BCUT2D eigenvalue weighted by Crippen LogP contribution is 2.67. The molecule has 6 fully saturated rings. The van der Waals surface area contributed by atoms with E-state index in [9.17, 15) is 9.59 Å². The molecule has 2 amide bonds. The molecule has 1 aliphatic heterocycles. The number of aromatic amines is 1. The van der Waals surface area contributed by atoms with Crippen molar-refractivity contribution in [1.82, 2.24) is 20.2 Å². The summed E-state index contributed by atoms with van der Waals surface area (Å²) in [5.41, 5.74) is 3.81. The number of nitrogens with zero attached hydrogens (tertiary/aromatic N) is 2. The summed E-state index contributed by atoms with van der Waals surface area (Å²) in [5.74, 6) is 4.82. The zero-order chi connectivity index (χ0) is 31.0. The fourth-order valence-corrected chi connectivity index (χ4v) is 12.0. The average molecular weight is 625 g/mol. The smallest absolute Gasteiger partial charge is 0.246 e. The first-order valence-corrected chi connectivity index (χ1v) is 18.5. The Balaban J connectivity index is 1.11. The highest BCUT2D eigenvalue weighted by molar-refractivity contribution is 7.99. The Bertz CT molecular complexity index is 1570. The van der Waals surface area contributed by atoms with Crippen LogP contribution in [0.4, 0.5) is 0 Å². The molecular formula is C38H48N4O2S. The maximum absolute atomic E-state index is 14.9. The van der Waals surface area contributed by atoms with Gasteiger partial charge in [0, 0.05) is 47.5 Å². The molecule has 45 heavy (non-hydrogen) atoms. The minimum absolute atomic E-state index is 0.00237. The Morgan fingerprint density at radius 3 is 2.36 bits per heavy atom. The lowest BCUT2D eigenvalue weighted by Gasteiger charge is -2.58. The monoisotopic (exact) mass is 624 g/mol. The SMILES string of the molecule is Cc1[nH]c2ccccc2c1[C@H]1[C@@H](CC(=O)N(Cc2cccnc2)C2(C(=O)NC34CC5CC(CC(C5)C3)C4)CCSCC2)C1(C)C. The van der Waals surface area contributed by atoms with Gasteiger partial charge >= 0.3 is 0 Å². The summed E-state index contributed by atoms with van der Waals surface area (Å²) in [4.78, 5) is 39.7. The molecule has 2 atom stereocenters. The van der Waals surface area contributed by atoms with E-state index in [2.05, 4.69) is 66.4 Å². The molecule has 1 saturated heterocycles. The average Bonchev–Trinajstić information content (AvgIpc) is 3.36. The zero-order valence-corrected chi connectivity index (χ0v) is 27.9. The van der Waals surface area contributed by atoms with E-state index >= 15 is 0 Å². The number of aryl methyl sites for hydroxylation is 1. The molecule has 6 nitrogen and oxygen atoms in total. The summed E-state index contributed by atoms with van der Waals surface area (Å²) in [5, 5.41) is 5.01. The highest BCUT2D eigenvalue weighted by atomic mass is 32.2. The molecular weight excluding hydrogens is 577 g/mol. The van der Waals surface area contributed by atoms with Crippen LogP contribution in [0.3, 0.4) is 0 Å². The summed E-state index contributed by atoms with van der Waals surface area (Å²) < 4.78 is 0. The first-order valence-electron chi connectivity index (χ1n) is 17.3. The summed E-state index contributed by atoms with van der Waals surface area (Å²) in [6.07, 6.45) is 12.9. The van der Waals surface area contributed by atoms with Crippen LogP contribution in [0.1, 0.15) is 94.4 Å². The number of hydrogen-bond donors (Lipinski definition) is 2. The van der Waals surface area contributed by atoms with Crippen molar-refractivity contribution in [3.8, 4) is 0 Å². The van der Waals surface area contributed by atoms with Crippen LogP contribution in [0.5, 0.6) is 0 Å². The second-order valence-electron chi connectivity index (χ2n) is 16.0. The number of carbonyl (C=O) groups excluding carboxylic acids is 2. The largest absolute Gasteiger partial charge is 0.358 e. The Labute approximate surface area is 271 Å². The van der Waals surface area contributed by atoms with Crippen LogP contribution in [0, 0.1) is 36.0 Å². The van der Waals surface area contributed by atoms with Crippen LogP contribution in [-0.4, -0.2) is 49.3 Å². The number of fused-ring (bicyclic) bond motifs is 1. The second-order valence-corrected chi connectivity index (χ2v) is 17.2. The lowest BCUT2D eigenvalue weighted by Crippen LogP contribution is -2.68. The molecule has 3 aromatic rings. The van der Waals surface area contributed by atoms with Gasteiger partial charge in [-0.2, -0.15) is 11.8 Å². The topological polar surface area (TPSA) is 78.1 Å². The third kappa shape index (κ3) is 5.03. The van der Waals surface area contributed by atoms with Crippen molar-refractivity contribution < 1.29 is 9.59 Å². The number of H-pyrrole nitrogens is 1. The highest BCUT2D eigenvalue weighted by Gasteiger charge is 2.61. The van der Waals surface area contributed by atoms with Crippen molar-refractivity contribution in [2.45, 2.75) is 102 Å². The Hall–Kier alpha value is -2.80. The van der Waals surface area contributed by atoms with Gasteiger partial charge in [0.15, 0.2) is 0 Å². The fraction of sp³-hybridized carbons (Fsp3) is 0.605. The van der Waals surface area contributed by atoms with E-state index in [1.165, 1.54) is 35.9 Å². The number of thioether (sulfide) groups is 1. The molecule has 1 aromatic carbocycles. The van der Waals surface area contributed by atoms with Gasteiger partial charge in [0.05, 0.1) is 0 Å². The number of amides is 2. The van der Waals surface area contributed by atoms with Crippen LogP contribution in [0.25, 0.3) is 10.9 Å². The van der Waals surface area contributed by atoms with Gasteiger partial charge in [-0.05, 0) is 128 Å². The zero-order valence-electron chi connectivity index (χ0n) is 27.1. The molecule has 7 heteroatoms. The molecule has 2 aromatic heterocycles. The summed E-state index contributed by atoms with van der Waals surface area (Å²) in [7, 11) is 0. The predicted molar refractivity (Wildman–Crippen MR) is 181 cm³/mol. The van der Waals surface area contributed by atoms with Crippen LogP contribution >= 0.6 is 11.8 Å². The number of hydrogen-bond acceptors (Lipinski definition) is 4. The number of benzene rings is 1. The van der Waals surface area contributed by atoms with E-state index < -0.39 is 5.54 Å². The minimum atomic E-state index is -0.827. The van der Waals surface area contributed by atoms with Gasteiger partial charge in [0.2, 0.25) is 11.8 Å². The molecule has 238 valence electrons. The summed E-state index contributed by atoms with van der Waals surface area (Å²) >= 11 is 1.91. The number of para-hydroxylation sites is 1. The van der Waals surface area contributed by atoms with Crippen molar-refractivity contribution in [3.05, 3.63) is 65.6 Å². The van der Waals surface area contributed by atoms with E-state index in [0.29, 0.717) is 31.7 Å². The third-order valence-electron chi connectivity index (χ3n) is 12.7. The number of nitrogens with one attached hydrogen (secondary N) is 2. The maximum Gasteiger partial charge on any atom is 0.246 e. The molecule has 4 bridgehead atoms. The fourth-order valence-electron chi connectivity index (χ4n) is 10.8. The van der Waals surface area contributed by atoms with Crippen molar-refractivity contribution in [3.63, 3.8) is 0 Å². The Morgan fingerprint density at radius 1 is 1.00 bits per heavy atom. The second kappa shape index (κ2) is 10.9. The van der Waals surface area contributed by atoms with Crippen LogP contribution in [-0.2, 0) is 16.1 Å². The normalized spacial score (nSPS) is 32.4.